The number of aromatic nitrogens is 3. The molecule has 29 heavy (non-hydrogen) atoms. The molecule has 1 atom stereocenters. The molecule has 1 aliphatic heterocycles. The van der Waals surface area contributed by atoms with Gasteiger partial charge in [0.1, 0.15) is 11.6 Å². The molecule has 1 aromatic carbocycles. The Bertz CT molecular complexity index is 816. The van der Waals surface area contributed by atoms with Crippen LogP contribution in [0.15, 0.2) is 40.2 Å². The van der Waals surface area contributed by atoms with E-state index >= 15 is 0 Å². The lowest BCUT2D eigenvalue weighted by Gasteiger charge is -2.31. The number of aryl methyl sites for hydroxylation is 2. The van der Waals surface area contributed by atoms with Crippen molar-refractivity contribution in [3.8, 4) is 0 Å². The maximum absolute atomic E-state index is 4.63. The number of hydrogen-bond acceptors (Lipinski definition) is 4. The minimum absolute atomic E-state index is 0. The average Bonchev–Trinajstić information content (AvgIpc) is 3.32. The van der Waals surface area contributed by atoms with E-state index < -0.39 is 0 Å². The van der Waals surface area contributed by atoms with Gasteiger partial charge in [-0.25, -0.2) is 9.67 Å². The Morgan fingerprint density at radius 3 is 2.72 bits per heavy atom. The molecule has 1 saturated carbocycles. The number of hydrogen-bond donors (Lipinski definition) is 2. The summed E-state index contributed by atoms with van der Waals surface area (Å²) in [5, 5.41) is 11.7. The Hall–Kier alpha value is -1.29. The predicted octanol–water partition coefficient (Wildman–Crippen LogP) is 4.31. The van der Waals surface area contributed by atoms with Crippen LogP contribution in [0.4, 0.5) is 0 Å². The SMILES string of the molecule is CN=C(NCC1(Sc2ccccc2)CCCC1)NC1CCCn2nc(C)nc21.I. The van der Waals surface area contributed by atoms with E-state index in [0.29, 0.717) is 0 Å². The van der Waals surface area contributed by atoms with Gasteiger partial charge in [0.15, 0.2) is 5.96 Å². The van der Waals surface area contributed by atoms with Crippen molar-refractivity contribution in [2.24, 2.45) is 4.99 Å². The minimum atomic E-state index is 0. The van der Waals surface area contributed by atoms with Crippen LogP contribution in [0, 0.1) is 6.92 Å². The third-order valence-corrected chi connectivity index (χ3v) is 7.18. The molecule has 1 aromatic heterocycles. The molecule has 0 radical (unpaired) electrons. The lowest BCUT2D eigenvalue weighted by Crippen LogP contribution is -2.46. The number of benzene rings is 1. The van der Waals surface area contributed by atoms with Crippen molar-refractivity contribution in [2.45, 2.75) is 67.7 Å². The number of nitrogens with zero attached hydrogens (tertiary/aromatic N) is 4. The van der Waals surface area contributed by atoms with Crippen molar-refractivity contribution in [3.05, 3.63) is 42.0 Å². The third-order valence-electron chi connectivity index (χ3n) is 5.69. The number of thioether (sulfide) groups is 1. The van der Waals surface area contributed by atoms with Crippen LogP contribution in [0.1, 0.15) is 56.2 Å². The van der Waals surface area contributed by atoms with Crippen LogP contribution in [0.5, 0.6) is 0 Å². The van der Waals surface area contributed by atoms with Crippen molar-refractivity contribution >= 4 is 41.7 Å². The van der Waals surface area contributed by atoms with Crippen molar-refractivity contribution in [2.75, 3.05) is 13.6 Å². The minimum Gasteiger partial charge on any atom is -0.355 e. The van der Waals surface area contributed by atoms with Crippen LogP contribution in [0.25, 0.3) is 0 Å². The van der Waals surface area contributed by atoms with Crippen LogP contribution in [-0.2, 0) is 6.54 Å². The molecule has 1 unspecified atom stereocenters. The van der Waals surface area contributed by atoms with Crippen molar-refractivity contribution in [3.63, 3.8) is 0 Å². The molecule has 1 fully saturated rings. The monoisotopic (exact) mass is 526 g/mol. The number of nitrogens with one attached hydrogen (secondary N) is 2. The molecule has 2 aromatic rings. The lowest BCUT2D eigenvalue weighted by atomic mass is 10.1. The highest BCUT2D eigenvalue weighted by atomic mass is 127. The van der Waals surface area contributed by atoms with Crippen LogP contribution >= 0.6 is 35.7 Å². The van der Waals surface area contributed by atoms with E-state index in [-0.39, 0.29) is 34.8 Å². The van der Waals surface area contributed by atoms with Crippen molar-refractivity contribution < 1.29 is 0 Å². The molecule has 0 amide bonds. The van der Waals surface area contributed by atoms with E-state index in [1.165, 1.54) is 30.6 Å². The first kappa shape index (κ1) is 22.4. The number of halogens is 1. The zero-order valence-electron chi connectivity index (χ0n) is 17.2. The number of fused-ring (bicyclic) bond motifs is 1. The van der Waals surface area contributed by atoms with Crippen LogP contribution in [0.3, 0.4) is 0 Å². The van der Waals surface area contributed by atoms with Gasteiger partial charge in [0.05, 0.1) is 6.04 Å². The van der Waals surface area contributed by atoms with Gasteiger partial charge in [-0.1, -0.05) is 31.0 Å². The topological polar surface area (TPSA) is 67.1 Å². The smallest absolute Gasteiger partial charge is 0.191 e. The molecule has 1 aliphatic carbocycles. The largest absolute Gasteiger partial charge is 0.355 e. The normalized spacial score (nSPS) is 20.6. The Morgan fingerprint density at radius 2 is 2.00 bits per heavy atom. The summed E-state index contributed by atoms with van der Waals surface area (Å²) in [6.45, 7) is 3.84. The van der Waals surface area contributed by atoms with Gasteiger partial charge >= 0.3 is 0 Å². The second-order valence-corrected chi connectivity index (χ2v) is 9.35. The molecule has 0 spiro atoms. The van der Waals surface area contributed by atoms with E-state index in [1.54, 1.807) is 0 Å². The van der Waals surface area contributed by atoms with Gasteiger partial charge in [-0.2, -0.15) is 5.10 Å². The van der Waals surface area contributed by atoms with Crippen LogP contribution < -0.4 is 10.6 Å². The first-order chi connectivity index (χ1) is 13.7. The predicted molar refractivity (Wildman–Crippen MR) is 130 cm³/mol. The van der Waals surface area contributed by atoms with Gasteiger partial charge in [-0.15, -0.1) is 35.7 Å². The standard InChI is InChI=1S/C21H30N6S.HI/c1-16-24-19-18(11-8-14-27(19)26-16)25-20(22-2)23-15-21(12-6-7-13-21)28-17-9-4-3-5-10-17;/h3-5,9-10,18H,6-8,11-15H2,1-2H3,(H2,22,23,25);1H. The molecule has 0 bridgehead atoms. The van der Waals surface area contributed by atoms with E-state index in [4.69, 9.17) is 0 Å². The highest BCUT2D eigenvalue weighted by Gasteiger charge is 2.35. The second kappa shape index (κ2) is 10.1. The van der Waals surface area contributed by atoms with Gasteiger partial charge in [-0.3, -0.25) is 4.99 Å². The Labute approximate surface area is 194 Å². The number of aliphatic imine (C=N–C) groups is 1. The lowest BCUT2D eigenvalue weighted by molar-refractivity contribution is 0.397. The fourth-order valence-electron chi connectivity index (χ4n) is 4.28. The first-order valence-corrected chi connectivity index (χ1v) is 11.1. The number of rotatable bonds is 5. The van der Waals surface area contributed by atoms with Gasteiger partial charge in [0.25, 0.3) is 0 Å². The van der Waals surface area contributed by atoms with Gasteiger partial charge in [0.2, 0.25) is 0 Å². The average molecular weight is 526 g/mol. The molecule has 2 N–H and O–H groups in total. The Kier molecular flexibility index (Phi) is 7.84. The molecule has 6 nitrogen and oxygen atoms in total. The van der Waals surface area contributed by atoms with Gasteiger partial charge < -0.3 is 10.6 Å². The first-order valence-electron chi connectivity index (χ1n) is 10.3. The highest BCUT2D eigenvalue weighted by molar-refractivity contribution is 14.0. The van der Waals surface area contributed by atoms with Crippen molar-refractivity contribution in [1.82, 2.24) is 25.4 Å². The molecule has 158 valence electrons. The second-order valence-electron chi connectivity index (χ2n) is 7.81. The van der Waals surface area contributed by atoms with E-state index in [0.717, 1.165) is 43.5 Å². The highest BCUT2D eigenvalue weighted by Crippen LogP contribution is 2.44. The summed E-state index contributed by atoms with van der Waals surface area (Å²) < 4.78 is 2.27. The molecular weight excluding hydrogens is 495 g/mol. The molecule has 4 rings (SSSR count). The fraction of sp³-hybridized carbons (Fsp3) is 0.571. The van der Waals surface area contributed by atoms with Gasteiger partial charge in [-0.05, 0) is 44.7 Å². The molecule has 2 aliphatic rings. The van der Waals surface area contributed by atoms with Gasteiger partial charge in [0, 0.05) is 29.8 Å². The van der Waals surface area contributed by atoms with E-state index in [2.05, 4.69) is 56.0 Å². The zero-order chi connectivity index (χ0) is 19.4. The summed E-state index contributed by atoms with van der Waals surface area (Å²) in [6, 6.07) is 10.9. The Morgan fingerprint density at radius 1 is 1.24 bits per heavy atom. The molecule has 8 heteroatoms. The molecular formula is C21H31IN6S. The summed E-state index contributed by atoms with van der Waals surface area (Å²) in [4.78, 5) is 10.5. The fourth-order valence-corrected chi connectivity index (χ4v) is 5.71. The third kappa shape index (κ3) is 5.45. The molecule has 2 heterocycles. The molecule has 0 saturated heterocycles. The van der Waals surface area contributed by atoms with E-state index in [1.807, 2.05) is 30.4 Å². The van der Waals surface area contributed by atoms with E-state index in [9.17, 15) is 0 Å². The van der Waals surface area contributed by atoms with Crippen LogP contribution in [0.2, 0.25) is 0 Å². The zero-order valence-corrected chi connectivity index (χ0v) is 20.4. The van der Waals surface area contributed by atoms with Crippen LogP contribution in [-0.4, -0.2) is 39.1 Å². The summed E-state index contributed by atoms with van der Waals surface area (Å²) in [6.07, 6.45) is 7.26. The quantitative estimate of drug-likeness (QED) is 0.346. The summed E-state index contributed by atoms with van der Waals surface area (Å²) in [5.74, 6) is 2.73. The maximum atomic E-state index is 4.63. The Balaban J connectivity index is 0.00000240. The summed E-state index contributed by atoms with van der Waals surface area (Å²) in [7, 11) is 1.85. The van der Waals surface area contributed by atoms with Crippen molar-refractivity contribution in [1.29, 1.82) is 0 Å². The summed E-state index contributed by atoms with van der Waals surface area (Å²) >= 11 is 2.02. The summed E-state index contributed by atoms with van der Waals surface area (Å²) in [5.41, 5.74) is 0. The maximum Gasteiger partial charge on any atom is 0.191 e. The number of guanidine groups is 1.